The van der Waals surface area contributed by atoms with E-state index in [4.69, 9.17) is 0 Å². The van der Waals surface area contributed by atoms with E-state index in [2.05, 4.69) is 30.7 Å². The molecule has 2 N–H and O–H groups in total. The molecule has 0 atom stereocenters. The zero-order chi connectivity index (χ0) is 22.6. The minimum Gasteiger partial charge on any atom is -0.406 e. The first kappa shape index (κ1) is 20.8. The van der Waals surface area contributed by atoms with Crippen molar-refractivity contribution in [3.63, 3.8) is 0 Å². The van der Waals surface area contributed by atoms with Gasteiger partial charge in [0, 0.05) is 29.3 Å². The SMILES string of the molecule is O=C(Nc1ccc(Nc2ccc(-n3cccn3)nn2)cc1)c1cccc(OC(F)(F)F)c1. The quantitative estimate of drug-likeness (QED) is 0.457. The van der Waals surface area contributed by atoms with E-state index in [0.717, 1.165) is 12.1 Å². The predicted molar refractivity (Wildman–Crippen MR) is 110 cm³/mol. The van der Waals surface area contributed by atoms with Gasteiger partial charge < -0.3 is 15.4 Å². The summed E-state index contributed by atoms with van der Waals surface area (Å²) in [7, 11) is 0. The first-order valence-electron chi connectivity index (χ1n) is 9.24. The zero-order valence-corrected chi connectivity index (χ0v) is 16.2. The van der Waals surface area contributed by atoms with Gasteiger partial charge >= 0.3 is 6.36 Å². The summed E-state index contributed by atoms with van der Waals surface area (Å²) in [6.07, 6.45) is -1.44. The van der Waals surface area contributed by atoms with Gasteiger partial charge in [-0.05, 0) is 60.7 Å². The number of nitrogens with one attached hydrogen (secondary N) is 2. The van der Waals surface area contributed by atoms with Crippen LogP contribution in [0.2, 0.25) is 0 Å². The Kier molecular flexibility index (Phi) is 5.71. The van der Waals surface area contributed by atoms with Crippen molar-refractivity contribution < 1.29 is 22.7 Å². The maximum atomic E-state index is 12.4. The molecule has 8 nitrogen and oxygen atoms in total. The van der Waals surface area contributed by atoms with Crippen molar-refractivity contribution in [2.24, 2.45) is 0 Å². The molecule has 2 aromatic heterocycles. The van der Waals surface area contributed by atoms with E-state index in [0.29, 0.717) is 23.0 Å². The lowest BCUT2D eigenvalue weighted by atomic mass is 10.2. The van der Waals surface area contributed by atoms with Crippen molar-refractivity contribution in [1.82, 2.24) is 20.0 Å². The molecule has 2 aromatic carbocycles. The van der Waals surface area contributed by atoms with Crippen molar-refractivity contribution in [3.8, 4) is 11.6 Å². The number of nitrogens with zero attached hydrogens (tertiary/aromatic N) is 4. The summed E-state index contributed by atoms with van der Waals surface area (Å²) in [5.41, 5.74) is 1.19. The number of carbonyl (C=O) groups excluding carboxylic acids is 1. The monoisotopic (exact) mass is 440 g/mol. The number of rotatable bonds is 6. The third kappa shape index (κ3) is 5.39. The average molecular weight is 440 g/mol. The molecular weight excluding hydrogens is 425 g/mol. The van der Waals surface area contributed by atoms with Gasteiger partial charge in [-0.15, -0.1) is 23.4 Å². The van der Waals surface area contributed by atoms with Crippen LogP contribution in [0.15, 0.2) is 79.1 Å². The second-order valence-electron chi connectivity index (χ2n) is 6.46. The number of anilines is 3. The van der Waals surface area contributed by atoms with E-state index < -0.39 is 18.0 Å². The van der Waals surface area contributed by atoms with Crippen LogP contribution in [-0.2, 0) is 0 Å². The zero-order valence-electron chi connectivity index (χ0n) is 16.2. The van der Waals surface area contributed by atoms with Crippen LogP contribution in [0.4, 0.5) is 30.4 Å². The van der Waals surface area contributed by atoms with Crippen LogP contribution in [0.1, 0.15) is 10.4 Å². The summed E-state index contributed by atoms with van der Waals surface area (Å²) in [6, 6.07) is 16.8. The molecule has 0 fully saturated rings. The minimum atomic E-state index is -4.83. The Hall–Kier alpha value is -4.41. The van der Waals surface area contributed by atoms with Gasteiger partial charge in [0.1, 0.15) is 5.75 Å². The topological polar surface area (TPSA) is 94.0 Å². The number of hydrogen-bond acceptors (Lipinski definition) is 6. The first-order valence-corrected chi connectivity index (χ1v) is 9.24. The fourth-order valence-corrected chi connectivity index (χ4v) is 2.74. The van der Waals surface area contributed by atoms with Gasteiger partial charge in [-0.3, -0.25) is 4.79 Å². The standard InChI is InChI=1S/C21H15F3N6O2/c22-21(23,24)32-17-4-1-3-14(13-17)20(31)27-16-7-5-15(6-8-16)26-18-9-10-19(29-28-18)30-12-2-11-25-30/h1-13H,(H,26,28)(H,27,31). The van der Waals surface area contributed by atoms with Crippen LogP contribution < -0.4 is 15.4 Å². The van der Waals surface area contributed by atoms with E-state index in [1.54, 1.807) is 59.5 Å². The van der Waals surface area contributed by atoms with Crippen LogP contribution in [-0.4, -0.2) is 32.2 Å². The van der Waals surface area contributed by atoms with E-state index in [9.17, 15) is 18.0 Å². The summed E-state index contributed by atoms with van der Waals surface area (Å²) in [5, 5.41) is 18.0. The van der Waals surface area contributed by atoms with E-state index in [1.165, 1.54) is 12.1 Å². The molecule has 0 saturated heterocycles. The molecule has 1 amide bonds. The largest absolute Gasteiger partial charge is 0.573 e. The lowest BCUT2D eigenvalue weighted by molar-refractivity contribution is -0.274. The van der Waals surface area contributed by atoms with E-state index in [-0.39, 0.29) is 5.56 Å². The Morgan fingerprint density at radius 1 is 0.938 bits per heavy atom. The van der Waals surface area contributed by atoms with Crippen molar-refractivity contribution in [3.05, 3.63) is 84.7 Å². The molecule has 0 spiro atoms. The fourth-order valence-electron chi connectivity index (χ4n) is 2.74. The summed E-state index contributed by atoms with van der Waals surface area (Å²) >= 11 is 0. The highest BCUT2D eigenvalue weighted by Crippen LogP contribution is 2.24. The molecule has 0 radical (unpaired) electrons. The molecule has 11 heteroatoms. The first-order chi connectivity index (χ1) is 15.4. The number of carbonyl (C=O) groups is 1. The lowest BCUT2D eigenvalue weighted by Crippen LogP contribution is -2.18. The molecule has 4 rings (SSSR count). The van der Waals surface area contributed by atoms with Gasteiger partial charge in [0.05, 0.1) is 0 Å². The number of alkyl halides is 3. The molecule has 0 unspecified atom stereocenters. The van der Waals surface area contributed by atoms with Gasteiger partial charge in [-0.25, -0.2) is 4.68 Å². The van der Waals surface area contributed by atoms with Crippen LogP contribution in [0.25, 0.3) is 5.82 Å². The highest BCUT2D eigenvalue weighted by Gasteiger charge is 2.31. The number of amides is 1. The van der Waals surface area contributed by atoms with Crippen molar-refractivity contribution in [2.45, 2.75) is 6.36 Å². The summed E-state index contributed by atoms with van der Waals surface area (Å²) < 4.78 is 42.5. The maximum absolute atomic E-state index is 12.4. The smallest absolute Gasteiger partial charge is 0.406 e. The average Bonchev–Trinajstić information content (AvgIpc) is 3.30. The third-order valence-electron chi connectivity index (χ3n) is 4.13. The molecule has 32 heavy (non-hydrogen) atoms. The summed E-state index contributed by atoms with van der Waals surface area (Å²) in [4.78, 5) is 12.3. The summed E-state index contributed by atoms with van der Waals surface area (Å²) in [5.74, 6) is 0.0466. The highest BCUT2D eigenvalue weighted by molar-refractivity contribution is 6.04. The maximum Gasteiger partial charge on any atom is 0.573 e. The Balaban J connectivity index is 1.37. The lowest BCUT2D eigenvalue weighted by Gasteiger charge is -2.11. The molecule has 0 aliphatic rings. The Morgan fingerprint density at radius 2 is 1.72 bits per heavy atom. The number of hydrogen-bond donors (Lipinski definition) is 2. The third-order valence-corrected chi connectivity index (χ3v) is 4.13. The molecule has 4 aromatic rings. The Bertz CT molecular complexity index is 1190. The van der Waals surface area contributed by atoms with Crippen molar-refractivity contribution in [2.75, 3.05) is 10.6 Å². The molecule has 0 aliphatic carbocycles. The van der Waals surface area contributed by atoms with Gasteiger partial charge in [0.2, 0.25) is 0 Å². The van der Waals surface area contributed by atoms with Gasteiger partial charge in [0.15, 0.2) is 11.6 Å². The highest BCUT2D eigenvalue weighted by atomic mass is 19.4. The van der Waals surface area contributed by atoms with Crippen LogP contribution >= 0.6 is 0 Å². The fraction of sp³-hybridized carbons (Fsp3) is 0.0476. The normalized spacial score (nSPS) is 11.1. The second kappa shape index (κ2) is 8.76. The van der Waals surface area contributed by atoms with Gasteiger partial charge in [-0.2, -0.15) is 5.10 Å². The van der Waals surface area contributed by atoms with Crippen LogP contribution in [0.5, 0.6) is 5.75 Å². The van der Waals surface area contributed by atoms with Crippen LogP contribution in [0, 0.1) is 0 Å². The number of aromatic nitrogens is 4. The van der Waals surface area contributed by atoms with Crippen LogP contribution in [0.3, 0.4) is 0 Å². The van der Waals surface area contributed by atoms with Gasteiger partial charge in [0.25, 0.3) is 5.91 Å². The number of ether oxygens (including phenoxy) is 1. The molecule has 0 aliphatic heterocycles. The Labute approximate surface area is 179 Å². The number of benzene rings is 2. The molecular formula is C21H15F3N6O2. The number of halogens is 3. The second-order valence-corrected chi connectivity index (χ2v) is 6.46. The van der Waals surface area contributed by atoms with E-state index >= 15 is 0 Å². The molecule has 0 saturated carbocycles. The van der Waals surface area contributed by atoms with Crippen molar-refractivity contribution >= 4 is 23.1 Å². The van der Waals surface area contributed by atoms with Gasteiger partial charge in [-0.1, -0.05) is 6.07 Å². The Morgan fingerprint density at radius 3 is 2.38 bits per heavy atom. The predicted octanol–water partition coefficient (Wildman–Crippen LogP) is 4.56. The molecule has 2 heterocycles. The minimum absolute atomic E-state index is 0.0292. The molecule has 0 bridgehead atoms. The van der Waals surface area contributed by atoms with Crippen molar-refractivity contribution in [1.29, 1.82) is 0 Å². The molecule has 162 valence electrons. The summed E-state index contributed by atoms with van der Waals surface area (Å²) in [6.45, 7) is 0. The van der Waals surface area contributed by atoms with E-state index in [1.807, 2.05) is 0 Å².